The monoisotopic (exact) mass is 1160 g/mol. The standard InChI is InChI=1S/C60H70N6O16Si/c1-4-79-83(80-5-2,81-6-3)34-28-42(13-7-8-31-75-57(71)61-47-18-9-14-43(37-47)35-44-15-10-19-48(38-44)62-58(72)76-32-29-65-53(67)24-25-54(65)68)22-23-51-52(82-51)41-78-60(74)64-50-21-12-17-46(40-50)36-45-16-11-20-49(39-45)63-59(73)77-33-30-66-55(69)26-27-56(66)70/h7-12,14-21,24-27,37-40,42,51-52H,4-6,13,22-23,28-36,41H2,1-3H3,(H,61,71)(H,62,72)(H,63,73)(H,64,74)/b8-7+. The van der Waals surface area contributed by atoms with Gasteiger partial charge in [-0.25, -0.2) is 19.2 Å². The first-order valence-corrected chi connectivity index (χ1v) is 29.5. The van der Waals surface area contributed by atoms with Crippen LogP contribution in [0.3, 0.4) is 0 Å². The Bertz CT molecular complexity index is 2970. The quantitative estimate of drug-likeness (QED) is 0.0117. The van der Waals surface area contributed by atoms with E-state index >= 15 is 0 Å². The minimum atomic E-state index is -2.94. The number of hydrogen-bond donors (Lipinski definition) is 4. The summed E-state index contributed by atoms with van der Waals surface area (Å²) in [5.41, 5.74) is 5.64. The van der Waals surface area contributed by atoms with Crippen LogP contribution in [0.4, 0.5) is 41.9 Å². The molecule has 3 heterocycles. The molecule has 22 nitrogen and oxygen atoms in total. The summed E-state index contributed by atoms with van der Waals surface area (Å²) in [6, 6.07) is 29.7. The normalized spacial score (nSPS) is 15.8. The highest BCUT2D eigenvalue weighted by Gasteiger charge is 2.42. The average Bonchev–Trinajstić information content (AvgIpc) is 4.22. The Hall–Kier alpha value is -8.48. The van der Waals surface area contributed by atoms with E-state index < -0.39 is 56.8 Å². The Balaban J connectivity index is 0.824. The van der Waals surface area contributed by atoms with Crippen LogP contribution in [-0.2, 0) is 69.0 Å². The highest BCUT2D eigenvalue weighted by Crippen LogP contribution is 2.33. The molecule has 3 atom stereocenters. The molecule has 1 fully saturated rings. The molecule has 3 aliphatic rings. The zero-order valence-corrected chi connectivity index (χ0v) is 47.7. The Labute approximate surface area is 482 Å². The number of amides is 8. The second-order valence-corrected chi connectivity index (χ2v) is 22.1. The molecule has 0 radical (unpaired) electrons. The maximum Gasteiger partial charge on any atom is 0.500 e. The summed E-state index contributed by atoms with van der Waals surface area (Å²) in [6.45, 7) is 6.88. The average molecular weight is 1160 g/mol. The number of anilines is 4. The fraction of sp³-hybridized carbons (Fsp3) is 0.367. The van der Waals surface area contributed by atoms with Crippen molar-refractivity contribution in [2.75, 3.05) is 80.6 Å². The molecule has 8 amide bonds. The van der Waals surface area contributed by atoms with Gasteiger partial charge < -0.3 is 37.0 Å². The van der Waals surface area contributed by atoms with Crippen molar-refractivity contribution < 1.29 is 75.3 Å². The largest absolute Gasteiger partial charge is 0.500 e. The first-order valence-electron chi connectivity index (χ1n) is 27.6. The molecule has 0 saturated carbocycles. The highest BCUT2D eigenvalue weighted by molar-refractivity contribution is 6.60. The van der Waals surface area contributed by atoms with Crippen molar-refractivity contribution in [3.8, 4) is 0 Å². The third kappa shape index (κ3) is 20.5. The second kappa shape index (κ2) is 31.7. The zero-order chi connectivity index (χ0) is 59.0. The number of hydrogen-bond acceptors (Lipinski definition) is 16. The lowest BCUT2D eigenvalue weighted by molar-refractivity contribution is -0.138. The van der Waals surface area contributed by atoms with Crippen LogP contribution in [0.2, 0.25) is 6.04 Å². The predicted octanol–water partition coefficient (Wildman–Crippen LogP) is 9.16. The van der Waals surface area contributed by atoms with Crippen molar-refractivity contribution in [1.29, 1.82) is 0 Å². The number of imide groups is 2. The first-order chi connectivity index (χ1) is 40.2. The minimum Gasteiger partial charge on any atom is -0.447 e. The van der Waals surface area contributed by atoms with Gasteiger partial charge >= 0.3 is 33.2 Å². The highest BCUT2D eigenvalue weighted by atomic mass is 28.4. The van der Waals surface area contributed by atoms with Gasteiger partial charge in [0.05, 0.1) is 19.2 Å². The summed E-state index contributed by atoms with van der Waals surface area (Å²) in [6.07, 6.45) is 9.39. The van der Waals surface area contributed by atoms with E-state index in [2.05, 4.69) is 21.3 Å². The topological polar surface area (TPSA) is 268 Å². The smallest absolute Gasteiger partial charge is 0.447 e. The van der Waals surface area contributed by atoms with E-state index in [1.165, 1.54) is 24.3 Å². The van der Waals surface area contributed by atoms with Gasteiger partial charge in [-0.3, -0.25) is 50.2 Å². The fourth-order valence-electron chi connectivity index (χ4n) is 9.27. The van der Waals surface area contributed by atoms with Crippen LogP contribution in [0.5, 0.6) is 0 Å². The number of ether oxygens (including phenoxy) is 5. The Morgan fingerprint density at radius 2 is 0.928 bits per heavy atom. The molecule has 440 valence electrons. The molecule has 83 heavy (non-hydrogen) atoms. The first kappa shape index (κ1) is 62.1. The van der Waals surface area contributed by atoms with Crippen LogP contribution < -0.4 is 21.3 Å². The molecule has 0 bridgehead atoms. The van der Waals surface area contributed by atoms with E-state index in [9.17, 15) is 38.4 Å². The van der Waals surface area contributed by atoms with E-state index in [1.54, 1.807) is 48.5 Å². The van der Waals surface area contributed by atoms with Gasteiger partial charge in [0.1, 0.15) is 32.5 Å². The van der Waals surface area contributed by atoms with E-state index in [4.69, 9.17) is 37.0 Å². The Morgan fingerprint density at radius 3 is 1.34 bits per heavy atom. The molecule has 0 aliphatic carbocycles. The molecule has 0 spiro atoms. The van der Waals surface area contributed by atoms with Crippen LogP contribution in [0.25, 0.3) is 0 Å². The maximum absolute atomic E-state index is 12.9. The van der Waals surface area contributed by atoms with E-state index in [-0.39, 0.29) is 57.6 Å². The van der Waals surface area contributed by atoms with Gasteiger partial charge in [-0.05, 0) is 136 Å². The maximum atomic E-state index is 12.9. The van der Waals surface area contributed by atoms with E-state index in [0.717, 1.165) is 51.3 Å². The number of nitrogens with one attached hydrogen (secondary N) is 4. The molecule has 3 unspecified atom stereocenters. The van der Waals surface area contributed by atoms with Gasteiger partial charge in [-0.1, -0.05) is 60.7 Å². The third-order valence-electron chi connectivity index (χ3n) is 13.2. The summed E-state index contributed by atoms with van der Waals surface area (Å²) in [7, 11) is -2.94. The van der Waals surface area contributed by atoms with Crippen LogP contribution in [-0.4, -0.2) is 138 Å². The lowest BCUT2D eigenvalue weighted by Gasteiger charge is -2.29. The van der Waals surface area contributed by atoms with Gasteiger partial charge in [0.15, 0.2) is 0 Å². The number of benzene rings is 4. The molecule has 4 aromatic rings. The summed E-state index contributed by atoms with van der Waals surface area (Å²) < 4.78 is 45.8. The van der Waals surface area contributed by atoms with Gasteiger partial charge in [0, 0.05) is 72.9 Å². The lowest BCUT2D eigenvalue weighted by Crippen LogP contribution is -2.46. The van der Waals surface area contributed by atoms with Crippen molar-refractivity contribution in [1.82, 2.24) is 9.80 Å². The number of nitrogens with zero attached hydrogens (tertiary/aromatic N) is 2. The van der Waals surface area contributed by atoms with Crippen LogP contribution >= 0.6 is 0 Å². The molecule has 1 saturated heterocycles. The van der Waals surface area contributed by atoms with Gasteiger partial charge in [-0.15, -0.1) is 0 Å². The molecule has 0 aromatic heterocycles. The number of rotatable bonds is 32. The SMILES string of the molecule is CCO[Si](CCC(C/C=C/COC(=O)Nc1cccc(Cc2cccc(NC(=O)OCCN3C(=O)C=CC3=O)c2)c1)CCC1OC1COC(=O)Nc1cccc(Cc2cccc(NC(=O)OCCN3C(=O)C=CC3=O)c2)c1)(OCC)OCC. The molecule has 7 rings (SSSR count). The van der Waals surface area contributed by atoms with Crippen molar-refractivity contribution in [3.05, 3.63) is 156 Å². The lowest BCUT2D eigenvalue weighted by atomic mass is 9.95. The van der Waals surface area contributed by atoms with E-state index in [1.807, 2.05) is 81.5 Å². The summed E-state index contributed by atoms with van der Waals surface area (Å²) in [4.78, 5) is 99.6. The molecule has 23 heteroatoms. The van der Waals surface area contributed by atoms with Crippen molar-refractivity contribution in [3.63, 3.8) is 0 Å². The molecule has 4 N–H and O–H groups in total. The van der Waals surface area contributed by atoms with E-state index in [0.29, 0.717) is 67.9 Å². The molecular formula is C60H70N6O16Si. The number of allylic oxidation sites excluding steroid dienone is 1. The van der Waals surface area contributed by atoms with Gasteiger partial charge in [0.25, 0.3) is 23.6 Å². The zero-order valence-electron chi connectivity index (χ0n) is 46.7. The number of carbonyl (C=O) groups excluding carboxylic acids is 8. The summed E-state index contributed by atoms with van der Waals surface area (Å²) in [5, 5.41) is 10.9. The molecule has 3 aliphatic heterocycles. The summed E-state index contributed by atoms with van der Waals surface area (Å²) in [5.74, 6) is -1.63. The number of carbonyl (C=O) groups is 8. The van der Waals surface area contributed by atoms with Crippen LogP contribution in [0.15, 0.2) is 134 Å². The van der Waals surface area contributed by atoms with Crippen molar-refractivity contribution in [2.45, 2.75) is 77.5 Å². The molecule has 4 aromatic carbocycles. The Kier molecular flexibility index (Phi) is 23.7. The van der Waals surface area contributed by atoms with Crippen molar-refractivity contribution >= 4 is 79.6 Å². The third-order valence-corrected chi connectivity index (χ3v) is 16.3. The van der Waals surface area contributed by atoms with Crippen LogP contribution in [0.1, 0.15) is 68.7 Å². The number of epoxide rings is 1. The van der Waals surface area contributed by atoms with Gasteiger partial charge in [0.2, 0.25) is 0 Å². The van der Waals surface area contributed by atoms with Crippen molar-refractivity contribution in [2.24, 2.45) is 5.92 Å². The predicted molar refractivity (Wildman–Crippen MR) is 308 cm³/mol. The second-order valence-electron chi connectivity index (χ2n) is 19.3. The summed E-state index contributed by atoms with van der Waals surface area (Å²) >= 11 is 0. The fourth-order valence-corrected chi connectivity index (χ4v) is 12.0. The Morgan fingerprint density at radius 1 is 0.530 bits per heavy atom. The van der Waals surface area contributed by atoms with Crippen LogP contribution in [0, 0.1) is 5.92 Å². The van der Waals surface area contributed by atoms with Gasteiger partial charge in [-0.2, -0.15) is 0 Å². The minimum absolute atomic E-state index is 0.0432. The molecular weight excluding hydrogens is 1090 g/mol.